The molecule has 0 saturated carbocycles. The minimum atomic E-state index is -3.66. The number of aryl methyl sites for hydroxylation is 1. The summed E-state index contributed by atoms with van der Waals surface area (Å²) in [6, 6.07) is 3.97. The summed E-state index contributed by atoms with van der Waals surface area (Å²) < 4.78 is 22.2. The highest BCUT2D eigenvalue weighted by Gasteiger charge is 2.12. The lowest BCUT2D eigenvalue weighted by molar-refractivity contribution is 0.599. The molecular formula is C11H14N4O2S2. The molecule has 6 nitrogen and oxygen atoms in total. The van der Waals surface area contributed by atoms with Gasteiger partial charge < -0.3 is 5.32 Å². The van der Waals surface area contributed by atoms with Crippen LogP contribution in [0.4, 0.5) is 5.13 Å². The molecule has 0 aliphatic rings. The molecule has 2 aromatic heterocycles. The van der Waals surface area contributed by atoms with Gasteiger partial charge in [0.25, 0.3) is 0 Å². The Kier molecular flexibility index (Phi) is 4.13. The maximum atomic E-state index is 11.1. The van der Waals surface area contributed by atoms with E-state index in [2.05, 4.69) is 15.3 Å². The quantitative estimate of drug-likeness (QED) is 0.863. The molecule has 0 atom stereocenters. The molecule has 2 heterocycles. The van der Waals surface area contributed by atoms with Gasteiger partial charge in [0, 0.05) is 18.4 Å². The van der Waals surface area contributed by atoms with Crippen molar-refractivity contribution in [2.24, 2.45) is 5.14 Å². The van der Waals surface area contributed by atoms with Crippen molar-refractivity contribution in [3.63, 3.8) is 0 Å². The summed E-state index contributed by atoms with van der Waals surface area (Å²) in [7, 11) is -3.66. The topological polar surface area (TPSA) is 98.0 Å². The summed E-state index contributed by atoms with van der Waals surface area (Å²) in [5.41, 5.74) is 2.09. The van der Waals surface area contributed by atoms with E-state index in [1.807, 2.05) is 25.3 Å². The van der Waals surface area contributed by atoms with Crippen molar-refractivity contribution in [3.8, 4) is 0 Å². The molecular weight excluding hydrogens is 284 g/mol. The predicted octanol–water partition coefficient (Wildman–Crippen LogP) is 1.15. The van der Waals surface area contributed by atoms with Gasteiger partial charge in [-0.3, -0.25) is 4.98 Å². The zero-order valence-corrected chi connectivity index (χ0v) is 12.0. The van der Waals surface area contributed by atoms with Gasteiger partial charge >= 0.3 is 0 Å². The van der Waals surface area contributed by atoms with E-state index in [1.165, 1.54) is 6.20 Å². The van der Waals surface area contributed by atoms with Crippen molar-refractivity contribution in [3.05, 3.63) is 35.8 Å². The van der Waals surface area contributed by atoms with E-state index in [0.717, 1.165) is 29.0 Å². The smallest absolute Gasteiger partial charge is 0.249 e. The van der Waals surface area contributed by atoms with E-state index in [4.69, 9.17) is 5.14 Å². The van der Waals surface area contributed by atoms with Gasteiger partial charge in [0.1, 0.15) is 0 Å². The van der Waals surface area contributed by atoms with Crippen LogP contribution in [0.15, 0.2) is 28.7 Å². The molecule has 0 radical (unpaired) electrons. The largest absolute Gasteiger partial charge is 0.361 e. The number of hydrogen-bond acceptors (Lipinski definition) is 6. The maximum Gasteiger partial charge on any atom is 0.249 e. The minimum absolute atomic E-state index is 0.0620. The first-order valence-electron chi connectivity index (χ1n) is 5.59. The van der Waals surface area contributed by atoms with Gasteiger partial charge in [-0.15, -0.1) is 0 Å². The van der Waals surface area contributed by atoms with Crippen LogP contribution >= 0.6 is 11.3 Å². The molecule has 0 amide bonds. The first kappa shape index (κ1) is 13.9. The lowest BCUT2D eigenvalue weighted by Crippen LogP contribution is -2.10. The zero-order chi connectivity index (χ0) is 13.9. The SMILES string of the molecule is Cc1ccc(CCNc2ncc(S(N)(=O)=O)s2)cn1. The normalized spacial score (nSPS) is 11.5. The second-order valence-electron chi connectivity index (χ2n) is 4.01. The fourth-order valence-electron chi connectivity index (χ4n) is 1.43. The van der Waals surface area contributed by atoms with E-state index < -0.39 is 10.0 Å². The first-order valence-corrected chi connectivity index (χ1v) is 7.95. The van der Waals surface area contributed by atoms with Crippen molar-refractivity contribution >= 4 is 26.5 Å². The summed E-state index contributed by atoms with van der Waals surface area (Å²) in [4.78, 5) is 8.17. The Morgan fingerprint density at radius 1 is 1.32 bits per heavy atom. The number of nitrogens with two attached hydrogens (primary N) is 1. The van der Waals surface area contributed by atoms with Crippen LogP contribution in [0.5, 0.6) is 0 Å². The molecule has 3 N–H and O–H groups in total. The van der Waals surface area contributed by atoms with E-state index in [1.54, 1.807) is 0 Å². The van der Waals surface area contributed by atoms with E-state index in [9.17, 15) is 8.42 Å². The van der Waals surface area contributed by atoms with Crippen molar-refractivity contribution in [2.45, 2.75) is 17.6 Å². The summed E-state index contributed by atoms with van der Waals surface area (Å²) in [6.07, 6.45) is 3.88. The highest BCUT2D eigenvalue weighted by atomic mass is 32.2. The third kappa shape index (κ3) is 3.98. The number of anilines is 1. The lowest BCUT2D eigenvalue weighted by atomic mass is 10.2. The van der Waals surface area contributed by atoms with Crippen molar-refractivity contribution in [2.75, 3.05) is 11.9 Å². The average molecular weight is 298 g/mol. The maximum absolute atomic E-state index is 11.1. The molecule has 0 aliphatic heterocycles. The summed E-state index contributed by atoms with van der Waals surface area (Å²) in [6.45, 7) is 2.59. The predicted molar refractivity (Wildman–Crippen MR) is 74.7 cm³/mol. The van der Waals surface area contributed by atoms with Gasteiger partial charge in [0.2, 0.25) is 10.0 Å². The van der Waals surface area contributed by atoms with Crippen LogP contribution < -0.4 is 10.5 Å². The Balaban J connectivity index is 1.89. The number of pyridine rings is 1. The van der Waals surface area contributed by atoms with Crippen LogP contribution in [0.1, 0.15) is 11.3 Å². The number of nitrogens with zero attached hydrogens (tertiary/aromatic N) is 2. The molecule has 0 aromatic carbocycles. The Morgan fingerprint density at radius 2 is 2.11 bits per heavy atom. The Hall–Kier alpha value is -1.51. The standard InChI is InChI=1S/C11H14N4O2S2/c1-8-2-3-9(6-14-8)4-5-13-11-15-7-10(18-11)19(12,16)17/h2-3,6-7H,4-5H2,1H3,(H,13,15)(H2,12,16,17). The molecule has 19 heavy (non-hydrogen) atoms. The third-order valence-electron chi connectivity index (χ3n) is 2.43. The molecule has 0 bridgehead atoms. The molecule has 0 unspecified atom stereocenters. The molecule has 8 heteroatoms. The average Bonchev–Trinajstić information content (AvgIpc) is 2.80. The van der Waals surface area contributed by atoms with Gasteiger partial charge in [0.15, 0.2) is 9.34 Å². The third-order valence-corrected chi connectivity index (χ3v) is 4.79. The van der Waals surface area contributed by atoms with Crippen LogP contribution in [-0.2, 0) is 16.4 Å². The van der Waals surface area contributed by atoms with Crippen LogP contribution in [0.3, 0.4) is 0 Å². The summed E-state index contributed by atoms with van der Waals surface area (Å²) >= 11 is 1.03. The number of rotatable bonds is 5. The number of primary sulfonamides is 1. The molecule has 2 rings (SSSR count). The molecule has 2 aromatic rings. The van der Waals surface area contributed by atoms with Crippen LogP contribution in [0.25, 0.3) is 0 Å². The lowest BCUT2D eigenvalue weighted by Gasteiger charge is -2.02. The van der Waals surface area contributed by atoms with Crippen LogP contribution in [-0.4, -0.2) is 24.9 Å². The second kappa shape index (κ2) is 5.64. The Bertz CT molecular complexity index is 650. The van der Waals surface area contributed by atoms with Gasteiger partial charge in [-0.05, 0) is 25.0 Å². The number of hydrogen-bond donors (Lipinski definition) is 2. The van der Waals surface area contributed by atoms with Crippen LogP contribution in [0, 0.1) is 6.92 Å². The van der Waals surface area contributed by atoms with Gasteiger partial charge in [-0.1, -0.05) is 17.4 Å². The van der Waals surface area contributed by atoms with Crippen molar-refractivity contribution in [1.29, 1.82) is 0 Å². The number of aromatic nitrogens is 2. The van der Waals surface area contributed by atoms with Gasteiger partial charge in [-0.2, -0.15) is 0 Å². The highest BCUT2D eigenvalue weighted by Crippen LogP contribution is 2.21. The van der Waals surface area contributed by atoms with E-state index in [-0.39, 0.29) is 4.21 Å². The Labute approximate surface area is 115 Å². The first-order chi connectivity index (χ1) is 8.95. The second-order valence-corrected chi connectivity index (χ2v) is 6.83. The Morgan fingerprint density at radius 3 is 2.68 bits per heavy atom. The highest BCUT2D eigenvalue weighted by molar-refractivity contribution is 7.91. The fraction of sp³-hybridized carbons (Fsp3) is 0.273. The van der Waals surface area contributed by atoms with Crippen LogP contribution in [0.2, 0.25) is 0 Å². The fourth-order valence-corrected chi connectivity index (χ4v) is 2.91. The van der Waals surface area contributed by atoms with E-state index in [0.29, 0.717) is 11.7 Å². The monoisotopic (exact) mass is 298 g/mol. The molecule has 102 valence electrons. The van der Waals surface area contributed by atoms with E-state index >= 15 is 0 Å². The number of sulfonamides is 1. The number of thiazole rings is 1. The molecule has 0 saturated heterocycles. The van der Waals surface area contributed by atoms with Crippen molar-refractivity contribution < 1.29 is 8.42 Å². The zero-order valence-electron chi connectivity index (χ0n) is 10.3. The van der Waals surface area contributed by atoms with Gasteiger partial charge in [-0.25, -0.2) is 18.5 Å². The minimum Gasteiger partial charge on any atom is -0.361 e. The summed E-state index contributed by atoms with van der Waals surface area (Å²) in [5, 5.41) is 8.62. The van der Waals surface area contributed by atoms with Gasteiger partial charge in [0.05, 0.1) is 6.20 Å². The molecule has 0 spiro atoms. The van der Waals surface area contributed by atoms with Crippen molar-refractivity contribution in [1.82, 2.24) is 9.97 Å². The summed E-state index contributed by atoms with van der Waals surface area (Å²) in [5.74, 6) is 0. The molecule has 0 aliphatic carbocycles. The number of nitrogens with one attached hydrogen (secondary N) is 1. The molecule has 0 fully saturated rings.